The number of ether oxygens (including phenoxy) is 1. The molecule has 2 aromatic carbocycles. The number of amides is 1. The van der Waals surface area contributed by atoms with Crippen LogP contribution in [0.2, 0.25) is 0 Å². The number of aryl methyl sites for hydroxylation is 1. The van der Waals surface area contributed by atoms with E-state index < -0.39 is 12.6 Å². The lowest BCUT2D eigenvalue weighted by molar-refractivity contribution is -0.135. The number of fused-ring (bicyclic) bond motifs is 1. The van der Waals surface area contributed by atoms with Gasteiger partial charge in [-0.1, -0.05) is 69.2 Å². The van der Waals surface area contributed by atoms with E-state index in [-0.39, 0.29) is 18.7 Å². The third-order valence-corrected chi connectivity index (χ3v) is 9.78. The monoisotopic (exact) mass is 676 g/mol. The molecule has 2 aromatic heterocycles. The summed E-state index contributed by atoms with van der Waals surface area (Å²) >= 11 is 0. The number of primary amides is 1. The van der Waals surface area contributed by atoms with Crippen LogP contribution in [0.1, 0.15) is 99.8 Å². The summed E-state index contributed by atoms with van der Waals surface area (Å²) in [5.41, 5.74) is 13.5. The highest BCUT2D eigenvalue weighted by molar-refractivity contribution is 5.83. The van der Waals surface area contributed by atoms with Gasteiger partial charge in [0.05, 0.1) is 19.6 Å². The molecule has 0 bridgehead atoms. The first-order valence-corrected chi connectivity index (χ1v) is 18.1. The van der Waals surface area contributed by atoms with Crippen molar-refractivity contribution in [2.24, 2.45) is 5.73 Å². The highest BCUT2D eigenvalue weighted by atomic mass is 19.4. The number of hydrogen-bond donors (Lipinski definition) is 2. The van der Waals surface area contributed by atoms with Gasteiger partial charge in [-0.05, 0) is 90.4 Å². The van der Waals surface area contributed by atoms with Crippen molar-refractivity contribution < 1.29 is 22.7 Å². The number of alkyl halides is 3. The highest BCUT2D eigenvalue weighted by Crippen LogP contribution is 2.35. The molecule has 0 spiro atoms. The summed E-state index contributed by atoms with van der Waals surface area (Å²) in [6.45, 7) is 3.00. The molecule has 2 fully saturated rings. The zero-order valence-corrected chi connectivity index (χ0v) is 28.6. The minimum absolute atomic E-state index is 0.169. The number of nitrogens with zero attached hydrogens (tertiary/aromatic N) is 2. The minimum atomic E-state index is -4.05. The van der Waals surface area contributed by atoms with Crippen LogP contribution in [-0.4, -0.2) is 48.4 Å². The van der Waals surface area contributed by atoms with E-state index in [1.807, 2.05) is 18.3 Å². The first kappa shape index (κ1) is 36.4. The number of anilines is 1. The summed E-state index contributed by atoms with van der Waals surface area (Å²) in [7, 11) is 0. The molecule has 1 amide bonds. The lowest BCUT2D eigenvalue weighted by Crippen LogP contribution is -2.36. The van der Waals surface area contributed by atoms with Crippen molar-refractivity contribution >= 4 is 22.5 Å². The molecular weight excluding hydrogens is 625 g/mol. The van der Waals surface area contributed by atoms with Crippen molar-refractivity contribution in [3.63, 3.8) is 0 Å². The van der Waals surface area contributed by atoms with E-state index in [1.54, 1.807) is 6.20 Å². The number of halogens is 3. The summed E-state index contributed by atoms with van der Waals surface area (Å²) in [5.74, 6) is 0.428. The van der Waals surface area contributed by atoms with Crippen LogP contribution >= 0.6 is 0 Å². The predicted molar refractivity (Wildman–Crippen MR) is 192 cm³/mol. The molecule has 0 atom stereocenters. The molecule has 6 rings (SSSR count). The molecule has 49 heavy (non-hydrogen) atoms. The highest BCUT2D eigenvalue weighted by Gasteiger charge is 2.25. The molecule has 1 aliphatic heterocycles. The van der Waals surface area contributed by atoms with Gasteiger partial charge in [-0.2, -0.15) is 13.2 Å². The number of nitrogens with one attached hydrogen (secondary N) is 1. The Bertz CT molecular complexity index is 1560. The number of unbranched alkanes of at least 4 members (excludes halogenated alkanes) is 6. The van der Waals surface area contributed by atoms with Crippen LogP contribution < -0.4 is 10.6 Å². The smallest absolute Gasteiger partial charge is 0.378 e. The number of benzene rings is 2. The molecule has 3 N–H and O–H groups in total. The fraction of sp³-hybridized carbons (Fsp3) is 0.500. The first-order valence-electron chi connectivity index (χ1n) is 18.1. The van der Waals surface area contributed by atoms with Crippen LogP contribution in [0.4, 0.5) is 18.9 Å². The maximum absolute atomic E-state index is 12.2. The third kappa shape index (κ3) is 11.3. The Hall–Kier alpha value is -3.85. The number of nitrogens with two attached hydrogens (primary N) is 1. The van der Waals surface area contributed by atoms with Gasteiger partial charge in [0.25, 0.3) is 0 Å². The lowest BCUT2D eigenvalue weighted by Gasteiger charge is -2.30. The molecule has 2 aliphatic rings. The number of pyridine rings is 1. The molecular formula is C40H51F3N4O2. The van der Waals surface area contributed by atoms with E-state index >= 15 is 0 Å². The molecule has 0 unspecified atom stereocenters. The van der Waals surface area contributed by atoms with Crippen LogP contribution in [-0.2, 0) is 22.4 Å². The van der Waals surface area contributed by atoms with Crippen molar-refractivity contribution in [2.75, 3.05) is 31.2 Å². The summed E-state index contributed by atoms with van der Waals surface area (Å²) in [4.78, 5) is 22.1. The Morgan fingerprint density at radius 1 is 0.918 bits per heavy atom. The second kappa shape index (κ2) is 18.2. The summed E-state index contributed by atoms with van der Waals surface area (Å²) in [6.07, 6.45) is 10.9. The van der Waals surface area contributed by atoms with Crippen LogP contribution in [0.3, 0.4) is 0 Å². The number of H-pyrrole nitrogens is 1. The van der Waals surface area contributed by atoms with Crippen LogP contribution in [0.15, 0.2) is 67.0 Å². The first-order chi connectivity index (χ1) is 23.8. The number of aromatic nitrogens is 2. The topological polar surface area (TPSA) is 84.2 Å². The van der Waals surface area contributed by atoms with Crippen LogP contribution in [0.25, 0.3) is 22.0 Å². The number of para-hydroxylation sites is 1. The zero-order chi connectivity index (χ0) is 34.5. The molecule has 0 radical (unpaired) electrons. The maximum atomic E-state index is 12.2. The van der Waals surface area contributed by atoms with Gasteiger partial charge in [0, 0.05) is 54.4 Å². The van der Waals surface area contributed by atoms with Crippen LogP contribution in [0, 0.1) is 0 Å². The van der Waals surface area contributed by atoms with E-state index in [4.69, 9.17) is 10.5 Å². The van der Waals surface area contributed by atoms with Crippen molar-refractivity contribution in [3.8, 4) is 11.1 Å². The second-order valence-electron chi connectivity index (χ2n) is 13.5. The molecule has 264 valence electrons. The second-order valence-corrected chi connectivity index (χ2v) is 13.5. The SMILES string of the molecule is NC(=O)Cc1c(CCCCCCCCCC(F)(F)F)cc(N2CCOCC2)cc1-c1cccnc1.c1ccc2[nH]c(C3CCCC3)cc2c1. The molecule has 3 heterocycles. The molecule has 1 saturated carbocycles. The predicted octanol–water partition coefficient (Wildman–Crippen LogP) is 9.66. The molecule has 1 aliphatic carbocycles. The van der Waals surface area contributed by atoms with Gasteiger partial charge in [0.2, 0.25) is 5.91 Å². The quantitative estimate of drug-likeness (QED) is 0.130. The third-order valence-electron chi connectivity index (χ3n) is 9.78. The summed E-state index contributed by atoms with van der Waals surface area (Å²) in [5, 5.41) is 1.36. The average molecular weight is 677 g/mol. The largest absolute Gasteiger partial charge is 0.389 e. The van der Waals surface area contributed by atoms with E-state index in [9.17, 15) is 18.0 Å². The number of rotatable bonds is 14. The standard InChI is InChI=1S/C27H36F3N3O2.C13H15N/c28-27(29,30)11-7-5-3-1-2-4-6-9-21-17-23(33-13-15-35-16-14-33)18-24(25(21)19-26(31)34)22-10-8-12-32-20-22;1-2-6-10(5-1)13-9-11-7-3-4-8-12(11)14-13/h8,10,12,17-18,20H,1-7,9,11,13-16,19H2,(H2,31,34);3-4,7-10,14H,1-2,5-6H2. The molecule has 6 nitrogen and oxygen atoms in total. The van der Waals surface area contributed by atoms with Gasteiger partial charge in [-0.25, -0.2) is 0 Å². The lowest BCUT2D eigenvalue weighted by atomic mass is 9.90. The Morgan fingerprint density at radius 2 is 1.63 bits per heavy atom. The van der Waals surface area contributed by atoms with Crippen molar-refractivity contribution in [2.45, 2.75) is 102 Å². The van der Waals surface area contributed by atoms with Gasteiger partial charge in [-0.3, -0.25) is 9.78 Å². The molecule has 4 aromatic rings. The van der Waals surface area contributed by atoms with E-state index in [2.05, 4.69) is 57.3 Å². The number of carbonyl (C=O) groups is 1. The fourth-order valence-corrected chi connectivity index (χ4v) is 7.18. The van der Waals surface area contributed by atoms with Gasteiger partial charge in [0.15, 0.2) is 0 Å². The molecule has 1 saturated heterocycles. The van der Waals surface area contributed by atoms with Gasteiger partial charge < -0.3 is 20.4 Å². The maximum Gasteiger partial charge on any atom is 0.389 e. The Kier molecular flexibility index (Phi) is 13.6. The van der Waals surface area contributed by atoms with Gasteiger partial charge >= 0.3 is 6.18 Å². The fourth-order valence-electron chi connectivity index (χ4n) is 7.18. The number of aromatic amines is 1. The van der Waals surface area contributed by atoms with Gasteiger partial charge in [-0.15, -0.1) is 0 Å². The van der Waals surface area contributed by atoms with Gasteiger partial charge in [0.1, 0.15) is 0 Å². The molecule has 9 heteroatoms. The average Bonchev–Trinajstić information content (AvgIpc) is 3.79. The summed E-state index contributed by atoms with van der Waals surface area (Å²) in [6, 6.07) is 19.1. The number of hydrogen-bond acceptors (Lipinski definition) is 4. The Labute approximate surface area is 288 Å². The Balaban J connectivity index is 0.000000274. The number of morpholine rings is 1. The van der Waals surface area contributed by atoms with Crippen molar-refractivity contribution in [1.82, 2.24) is 9.97 Å². The minimum Gasteiger partial charge on any atom is -0.378 e. The van der Waals surface area contributed by atoms with E-state index in [0.717, 1.165) is 85.5 Å². The zero-order valence-electron chi connectivity index (χ0n) is 28.6. The van der Waals surface area contributed by atoms with Crippen LogP contribution in [0.5, 0.6) is 0 Å². The normalized spacial score (nSPS) is 15.4. The van der Waals surface area contributed by atoms with Crippen molar-refractivity contribution in [1.29, 1.82) is 0 Å². The summed E-state index contributed by atoms with van der Waals surface area (Å²) < 4.78 is 42.3. The van der Waals surface area contributed by atoms with E-state index in [0.29, 0.717) is 19.6 Å². The van der Waals surface area contributed by atoms with Crippen molar-refractivity contribution in [3.05, 3.63) is 83.8 Å². The Morgan fingerprint density at radius 3 is 2.31 bits per heavy atom. The van der Waals surface area contributed by atoms with E-state index in [1.165, 1.54) is 42.3 Å². The number of carbonyl (C=O) groups excluding carboxylic acids is 1.